The molecule has 9 heteroatoms. The number of esters is 1. The van der Waals surface area contributed by atoms with E-state index in [1.807, 2.05) is 48.7 Å². The van der Waals surface area contributed by atoms with Crippen LogP contribution in [0.2, 0.25) is 0 Å². The maximum atomic E-state index is 13.9. The average molecular weight is 492 g/mol. The van der Waals surface area contributed by atoms with Crippen molar-refractivity contribution in [2.24, 2.45) is 4.99 Å². The van der Waals surface area contributed by atoms with Crippen molar-refractivity contribution in [2.75, 3.05) is 18.1 Å². The molecule has 0 N–H and O–H groups in total. The van der Waals surface area contributed by atoms with Gasteiger partial charge < -0.3 is 9.64 Å². The van der Waals surface area contributed by atoms with Crippen LogP contribution in [0.1, 0.15) is 30.3 Å². The Morgan fingerprint density at radius 3 is 2.74 bits per heavy atom. The molecule has 3 aromatic rings. The Morgan fingerprint density at radius 2 is 2.03 bits per heavy atom. The van der Waals surface area contributed by atoms with Crippen LogP contribution < -0.4 is 19.8 Å². The molecule has 1 atom stereocenters. The lowest BCUT2D eigenvalue weighted by molar-refractivity contribution is -0.138. The van der Waals surface area contributed by atoms with E-state index >= 15 is 0 Å². The summed E-state index contributed by atoms with van der Waals surface area (Å²) in [5.41, 5.74) is 2.34. The number of hydrogen-bond acceptors (Lipinski definition) is 7. The largest absolute Gasteiger partial charge is 0.458 e. The number of carbonyl (C=O) groups is 2. The maximum absolute atomic E-state index is 13.9. The van der Waals surface area contributed by atoms with Crippen LogP contribution in [0.15, 0.2) is 75.5 Å². The fraction of sp³-hybridized carbons (Fsp3) is 0.200. The van der Waals surface area contributed by atoms with Crippen LogP contribution in [-0.2, 0) is 14.3 Å². The Morgan fingerprint density at radius 1 is 1.24 bits per heavy atom. The zero-order chi connectivity index (χ0) is 24.0. The number of thiazole rings is 1. The van der Waals surface area contributed by atoms with Gasteiger partial charge in [-0.05, 0) is 31.4 Å². The van der Waals surface area contributed by atoms with Gasteiger partial charge >= 0.3 is 5.97 Å². The summed E-state index contributed by atoms with van der Waals surface area (Å²) in [6.07, 6.45) is 1.49. The molecule has 0 bridgehead atoms. The molecular weight excluding hydrogens is 470 g/mol. The summed E-state index contributed by atoms with van der Waals surface area (Å²) < 4.78 is 7.17. The summed E-state index contributed by atoms with van der Waals surface area (Å²) in [4.78, 5) is 47.7. The highest BCUT2D eigenvalue weighted by Gasteiger charge is 2.37. The van der Waals surface area contributed by atoms with Crippen LogP contribution in [-0.4, -0.2) is 29.6 Å². The topological polar surface area (TPSA) is 81.0 Å². The number of thiophene rings is 1. The number of aromatic nitrogens is 1. The van der Waals surface area contributed by atoms with Gasteiger partial charge in [0, 0.05) is 17.0 Å². The molecule has 1 aromatic carbocycles. The fourth-order valence-electron chi connectivity index (χ4n) is 4.37. The Bertz CT molecular complexity index is 1540. The zero-order valence-electron chi connectivity index (χ0n) is 18.6. The van der Waals surface area contributed by atoms with Crippen molar-refractivity contribution >= 4 is 45.8 Å². The third kappa shape index (κ3) is 3.31. The Kier molecular flexibility index (Phi) is 5.66. The van der Waals surface area contributed by atoms with Gasteiger partial charge in [-0.25, -0.2) is 9.79 Å². The van der Waals surface area contributed by atoms with Crippen LogP contribution in [0.4, 0.5) is 5.69 Å². The number of allylic oxidation sites excluding steroid dienone is 1. The number of rotatable bonds is 5. The van der Waals surface area contributed by atoms with Gasteiger partial charge in [-0.3, -0.25) is 14.2 Å². The number of nitrogens with zero attached hydrogens (tertiary/aromatic N) is 3. The number of carbonyl (C=O) groups excluding carboxylic acids is 2. The van der Waals surface area contributed by atoms with Crippen molar-refractivity contribution in [3.63, 3.8) is 0 Å². The first kappa shape index (κ1) is 22.2. The van der Waals surface area contributed by atoms with Crippen molar-refractivity contribution in [2.45, 2.75) is 19.9 Å². The van der Waals surface area contributed by atoms with Crippen molar-refractivity contribution in [3.05, 3.63) is 95.8 Å². The smallest absolute Gasteiger partial charge is 0.338 e. The van der Waals surface area contributed by atoms with E-state index in [4.69, 9.17) is 4.74 Å². The van der Waals surface area contributed by atoms with E-state index in [0.717, 1.165) is 16.1 Å². The zero-order valence-corrected chi connectivity index (χ0v) is 20.2. The molecule has 1 amide bonds. The first-order valence-electron chi connectivity index (χ1n) is 10.8. The summed E-state index contributed by atoms with van der Waals surface area (Å²) in [7, 11) is 0. The van der Waals surface area contributed by atoms with E-state index in [-0.39, 0.29) is 18.1 Å². The van der Waals surface area contributed by atoms with Gasteiger partial charge in [0.2, 0.25) is 0 Å². The second kappa shape index (κ2) is 8.66. The highest BCUT2D eigenvalue weighted by Crippen LogP contribution is 2.36. The Labute approximate surface area is 203 Å². The lowest BCUT2D eigenvalue weighted by atomic mass is 10.0. The third-order valence-electron chi connectivity index (χ3n) is 5.83. The van der Waals surface area contributed by atoms with E-state index in [0.29, 0.717) is 32.7 Å². The molecule has 5 rings (SSSR count). The number of hydrogen-bond donors (Lipinski definition) is 0. The molecule has 0 aliphatic carbocycles. The number of ether oxygens (including phenoxy) is 1. The van der Waals surface area contributed by atoms with Gasteiger partial charge in [0.15, 0.2) is 4.80 Å². The number of fused-ring (bicyclic) bond motifs is 2. The normalized spacial score (nSPS) is 18.5. The predicted molar refractivity (Wildman–Crippen MR) is 133 cm³/mol. The molecular formula is C25H21N3O4S2. The van der Waals surface area contributed by atoms with E-state index in [1.54, 1.807) is 11.8 Å². The van der Waals surface area contributed by atoms with Gasteiger partial charge in [-0.15, -0.1) is 11.3 Å². The molecule has 2 aliphatic rings. The minimum Gasteiger partial charge on any atom is -0.458 e. The van der Waals surface area contributed by atoms with Crippen molar-refractivity contribution in [3.8, 4) is 0 Å². The van der Waals surface area contributed by atoms with Crippen LogP contribution >= 0.6 is 22.7 Å². The Balaban J connectivity index is 1.79. The van der Waals surface area contributed by atoms with Crippen LogP contribution in [0.5, 0.6) is 0 Å². The quantitative estimate of drug-likeness (QED) is 0.406. The van der Waals surface area contributed by atoms with E-state index < -0.39 is 12.0 Å². The Hall–Kier alpha value is -3.56. The van der Waals surface area contributed by atoms with E-state index in [2.05, 4.69) is 11.6 Å². The summed E-state index contributed by atoms with van der Waals surface area (Å²) in [5.74, 6) is -0.750. The van der Waals surface area contributed by atoms with Gasteiger partial charge in [0.25, 0.3) is 11.5 Å². The summed E-state index contributed by atoms with van der Waals surface area (Å²) in [6.45, 7) is 7.78. The molecule has 0 spiro atoms. The fourth-order valence-corrected chi connectivity index (χ4v) is 6.34. The van der Waals surface area contributed by atoms with E-state index in [9.17, 15) is 14.4 Å². The standard InChI is InChI=1S/C25H21N3O4S2/c1-4-12-32-24(31)18-14(3)26-25-28(20(18)17-11-8-13-33-17)23(30)21(34-25)19-15-9-6-7-10-16(15)27(5-2)22(19)29/h4,6-11,13,20H,1,5,12H2,2-3H3. The van der Waals surface area contributed by atoms with E-state index in [1.165, 1.54) is 33.3 Å². The minimum absolute atomic E-state index is 0.0550. The van der Waals surface area contributed by atoms with Gasteiger partial charge in [-0.2, -0.15) is 0 Å². The van der Waals surface area contributed by atoms with Gasteiger partial charge in [-0.1, -0.05) is 48.3 Å². The molecule has 4 heterocycles. The molecule has 34 heavy (non-hydrogen) atoms. The molecule has 7 nitrogen and oxygen atoms in total. The average Bonchev–Trinajstić information content (AvgIpc) is 3.53. The van der Waals surface area contributed by atoms with Crippen LogP contribution in [0.25, 0.3) is 5.57 Å². The van der Waals surface area contributed by atoms with Gasteiger partial charge in [0.1, 0.15) is 17.2 Å². The minimum atomic E-state index is -0.683. The molecule has 0 saturated heterocycles. The molecule has 2 aliphatic heterocycles. The second-order valence-electron chi connectivity index (χ2n) is 7.75. The number of anilines is 1. The predicted octanol–water partition coefficient (Wildman–Crippen LogP) is 2.76. The lowest BCUT2D eigenvalue weighted by Gasteiger charge is -2.23. The van der Waals surface area contributed by atoms with Gasteiger partial charge in [0.05, 0.1) is 22.5 Å². The number of para-hydroxylation sites is 1. The molecule has 1 unspecified atom stereocenters. The highest BCUT2D eigenvalue weighted by atomic mass is 32.1. The number of likely N-dealkylation sites (N-methyl/N-ethyl adjacent to an activating group) is 1. The van der Waals surface area contributed by atoms with Crippen LogP contribution in [0, 0.1) is 0 Å². The SMILES string of the molecule is C=CCOC(=O)C1=C(C)N=c2sc(=C3C(=O)N(CC)c4ccccc43)c(=O)n2C1c1cccs1. The first-order chi connectivity index (χ1) is 16.5. The summed E-state index contributed by atoms with van der Waals surface area (Å²) in [6, 6.07) is 10.5. The second-order valence-corrected chi connectivity index (χ2v) is 9.70. The molecule has 0 radical (unpaired) electrons. The molecule has 0 saturated carbocycles. The van der Waals surface area contributed by atoms with Crippen molar-refractivity contribution in [1.82, 2.24) is 4.57 Å². The number of benzene rings is 1. The maximum Gasteiger partial charge on any atom is 0.338 e. The summed E-state index contributed by atoms with van der Waals surface area (Å²) in [5, 5.41) is 1.89. The van der Waals surface area contributed by atoms with Crippen molar-refractivity contribution < 1.29 is 14.3 Å². The molecule has 0 fully saturated rings. The molecule has 2 aromatic heterocycles. The first-order valence-corrected chi connectivity index (χ1v) is 12.4. The highest BCUT2D eigenvalue weighted by molar-refractivity contribution is 7.10. The third-order valence-corrected chi connectivity index (χ3v) is 7.81. The molecule has 172 valence electrons. The van der Waals surface area contributed by atoms with Crippen molar-refractivity contribution in [1.29, 1.82) is 0 Å². The monoisotopic (exact) mass is 491 g/mol. The van der Waals surface area contributed by atoms with Crippen LogP contribution in [0.3, 0.4) is 0 Å². The number of amides is 1. The summed E-state index contributed by atoms with van der Waals surface area (Å²) >= 11 is 2.62. The lowest BCUT2D eigenvalue weighted by Crippen LogP contribution is -2.40.